The number of hydrogen-bond acceptors (Lipinski definition) is 5. The third-order valence-corrected chi connectivity index (χ3v) is 3.60. The molecule has 0 saturated carbocycles. The van der Waals surface area contributed by atoms with Gasteiger partial charge in [0.25, 0.3) is 5.91 Å². The van der Waals surface area contributed by atoms with E-state index >= 15 is 0 Å². The van der Waals surface area contributed by atoms with Gasteiger partial charge in [-0.15, -0.1) is 0 Å². The average molecular weight is 355 g/mol. The van der Waals surface area contributed by atoms with Crippen LogP contribution in [0.1, 0.15) is 11.1 Å². The van der Waals surface area contributed by atoms with Crippen molar-refractivity contribution >= 4 is 23.6 Å². The van der Waals surface area contributed by atoms with Gasteiger partial charge in [-0.25, -0.2) is 4.79 Å². The van der Waals surface area contributed by atoms with Gasteiger partial charge in [-0.1, -0.05) is 24.3 Å². The summed E-state index contributed by atoms with van der Waals surface area (Å²) in [5.41, 5.74) is 2.47. The monoisotopic (exact) mass is 355 g/mol. The van der Waals surface area contributed by atoms with Crippen molar-refractivity contribution in [3.63, 3.8) is 0 Å². The third kappa shape index (κ3) is 5.37. The molecule has 2 aromatic rings. The number of esters is 1. The summed E-state index contributed by atoms with van der Waals surface area (Å²) in [4.78, 5) is 23.7. The Bertz CT molecular complexity index is 814. The predicted octanol–water partition coefficient (Wildman–Crippen LogP) is 3.21. The molecule has 0 saturated heterocycles. The number of benzene rings is 2. The molecule has 0 aliphatic heterocycles. The topological polar surface area (TPSA) is 73.9 Å². The van der Waals surface area contributed by atoms with Crippen molar-refractivity contribution in [1.82, 2.24) is 0 Å². The van der Waals surface area contributed by atoms with E-state index in [1.165, 1.54) is 20.3 Å². The van der Waals surface area contributed by atoms with E-state index in [1.54, 1.807) is 24.3 Å². The zero-order valence-corrected chi connectivity index (χ0v) is 14.9. The van der Waals surface area contributed by atoms with E-state index in [4.69, 9.17) is 14.2 Å². The highest BCUT2D eigenvalue weighted by Crippen LogP contribution is 2.29. The van der Waals surface area contributed by atoms with Crippen LogP contribution in [0.15, 0.2) is 48.5 Å². The molecule has 0 aliphatic carbocycles. The van der Waals surface area contributed by atoms with Gasteiger partial charge in [0.1, 0.15) is 0 Å². The highest BCUT2D eigenvalue weighted by atomic mass is 16.5. The average Bonchev–Trinajstić information content (AvgIpc) is 2.65. The van der Waals surface area contributed by atoms with E-state index in [9.17, 15) is 9.59 Å². The number of amides is 1. The van der Waals surface area contributed by atoms with E-state index in [0.717, 1.165) is 11.1 Å². The second-order valence-electron chi connectivity index (χ2n) is 5.42. The Morgan fingerprint density at radius 2 is 1.77 bits per heavy atom. The Balaban J connectivity index is 1.86. The number of ether oxygens (including phenoxy) is 3. The molecule has 6 heteroatoms. The molecular formula is C20H21NO5. The van der Waals surface area contributed by atoms with Crippen LogP contribution in [-0.2, 0) is 14.3 Å². The number of aryl methyl sites for hydroxylation is 1. The second-order valence-corrected chi connectivity index (χ2v) is 5.42. The quantitative estimate of drug-likeness (QED) is 0.610. The van der Waals surface area contributed by atoms with E-state index in [-0.39, 0.29) is 6.61 Å². The fourth-order valence-electron chi connectivity index (χ4n) is 2.23. The van der Waals surface area contributed by atoms with Gasteiger partial charge < -0.3 is 19.5 Å². The maximum absolute atomic E-state index is 11.9. The Kier molecular flexibility index (Phi) is 6.79. The number of methoxy groups -OCH3 is 2. The minimum atomic E-state index is -0.587. The van der Waals surface area contributed by atoms with Crippen LogP contribution in [0.4, 0.5) is 5.69 Å². The SMILES string of the molecule is COc1ccc(NC(=O)COC(=O)/C=C/c2ccccc2C)cc1OC. The zero-order valence-electron chi connectivity index (χ0n) is 14.9. The molecule has 0 fully saturated rings. The summed E-state index contributed by atoms with van der Waals surface area (Å²) in [5, 5.41) is 2.63. The summed E-state index contributed by atoms with van der Waals surface area (Å²) < 4.78 is 15.2. The van der Waals surface area contributed by atoms with Crippen LogP contribution in [0.25, 0.3) is 6.08 Å². The first-order valence-corrected chi connectivity index (χ1v) is 7.96. The van der Waals surface area contributed by atoms with Crippen LogP contribution in [-0.4, -0.2) is 32.7 Å². The van der Waals surface area contributed by atoms with Crippen LogP contribution in [0.5, 0.6) is 11.5 Å². The molecule has 26 heavy (non-hydrogen) atoms. The molecule has 0 bridgehead atoms. The molecule has 2 aromatic carbocycles. The summed E-state index contributed by atoms with van der Waals surface area (Å²) in [7, 11) is 3.03. The summed E-state index contributed by atoms with van der Waals surface area (Å²) in [6.45, 7) is 1.56. The van der Waals surface area contributed by atoms with E-state index in [2.05, 4.69) is 5.32 Å². The van der Waals surface area contributed by atoms with Gasteiger partial charge in [0.05, 0.1) is 14.2 Å². The molecule has 0 unspecified atom stereocenters. The van der Waals surface area contributed by atoms with Gasteiger partial charge in [0.15, 0.2) is 18.1 Å². The Morgan fingerprint density at radius 3 is 2.46 bits per heavy atom. The molecule has 0 heterocycles. The fraction of sp³-hybridized carbons (Fsp3) is 0.200. The summed E-state index contributed by atoms with van der Waals surface area (Å²) in [6, 6.07) is 12.6. The molecule has 0 atom stereocenters. The molecule has 136 valence electrons. The van der Waals surface area contributed by atoms with Crippen LogP contribution >= 0.6 is 0 Å². The second kappa shape index (κ2) is 9.27. The predicted molar refractivity (Wildman–Crippen MR) is 99.3 cm³/mol. The minimum absolute atomic E-state index is 0.384. The summed E-state index contributed by atoms with van der Waals surface area (Å²) in [5.74, 6) is 0.00676. The summed E-state index contributed by atoms with van der Waals surface area (Å²) >= 11 is 0. The molecule has 1 amide bonds. The molecule has 1 N–H and O–H groups in total. The van der Waals surface area contributed by atoms with E-state index in [0.29, 0.717) is 17.2 Å². The molecule has 0 radical (unpaired) electrons. The van der Waals surface area contributed by atoms with Crippen molar-refractivity contribution in [1.29, 1.82) is 0 Å². The van der Waals surface area contributed by atoms with Crippen LogP contribution in [0, 0.1) is 6.92 Å². The molecular weight excluding hydrogens is 334 g/mol. The number of rotatable bonds is 7. The Labute approximate surface area is 152 Å². The van der Waals surface area contributed by atoms with Gasteiger partial charge in [-0.3, -0.25) is 4.79 Å². The first-order valence-electron chi connectivity index (χ1n) is 7.96. The van der Waals surface area contributed by atoms with Gasteiger partial charge >= 0.3 is 5.97 Å². The zero-order chi connectivity index (χ0) is 18.9. The molecule has 0 aliphatic rings. The standard InChI is InChI=1S/C20H21NO5/c1-14-6-4-5-7-15(14)8-11-20(23)26-13-19(22)21-16-9-10-17(24-2)18(12-16)25-3/h4-12H,13H2,1-3H3,(H,21,22)/b11-8+. The maximum Gasteiger partial charge on any atom is 0.331 e. The first-order chi connectivity index (χ1) is 12.5. The van der Waals surface area contributed by atoms with Crippen molar-refractivity contribution in [2.75, 3.05) is 26.1 Å². The fourth-order valence-corrected chi connectivity index (χ4v) is 2.23. The van der Waals surface area contributed by atoms with Crippen molar-refractivity contribution in [2.24, 2.45) is 0 Å². The minimum Gasteiger partial charge on any atom is -0.493 e. The lowest BCUT2D eigenvalue weighted by atomic mass is 10.1. The lowest BCUT2D eigenvalue weighted by Crippen LogP contribution is -2.20. The van der Waals surface area contributed by atoms with Crippen molar-refractivity contribution in [2.45, 2.75) is 6.92 Å². The van der Waals surface area contributed by atoms with Gasteiger partial charge in [-0.2, -0.15) is 0 Å². The summed E-state index contributed by atoms with van der Waals surface area (Å²) in [6.07, 6.45) is 2.95. The smallest absolute Gasteiger partial charge is 0.331 e. The van der Waals surface area contributed by atoms with E-state index < -0.39 is 11.9 Å². The van der Waals surface area contributed by atoms with E-state index in [1.807, 2.05) is 31.2 Å². The lowest BCUT2D eigenvalue weighted by molar-refractivity contribution is -0.142. The van der Waals surface area contributed by atoms with Gasteiger partial charge in [-0.05, 0) is 36.3 Å². The first kappa shape index (κ1) is 19.1. The largest absolute Gasteiger partial charge is 0.493 e. The van der Waals surface area contributed by atoms with Gasteiger partial charge in [0.2, 0.25) is 0 Å². The van der Waals surface area contributed by atoms with Crippen molar-refractivity contribution in [3.8, 4) is 11.5 Å². The third-order valence-electron chi connectivity index (χ3n) is 3.60. The van der Waals surface area contributed by atoms with Crippen LogP contribution < -0.4 is 14.8 Å². The van der Waals surface area contributed by atoms with Crippen LogP contribution in [0.2, 0.25) is 0 Å². The highest BCUT2D eigenvalue weighted by Gasteiger charge is 2.09. The normalized spacial score (nSPS) is 10.4. The Morgan fingerprint density at radius 1 is 1.04 bits per heavy atom. The number of carbonyl (C=O) groups excluding carboxylic acids is 2. The number of nitrogens with one attached hydrogen (secondary N) is 1. The van der Waals surface area contributed by atoms with Crippen molar-refractivity contribution in [3.05, 3.63) is 59.7 Å². The van der Waals surface area contributed by atoms with Gasteiger partial charge in [0, 0.05) is 17.8 Å². The lowest BCUT2D eigenvalue weighted by Gasteiger charge is -2.10. The van der Waals surface area contributed by atoms with Crippen LogP contribution in [0.3, 0.4) is 0 Å². The highest BCUT2D eigenvalue weighted by molar-refractivity contribution is 5.94. The number of anilines is 1. The number of hydrogen-bond donors (Lipinski definition) is 1. The maximum atomic E-state index is 11.9. The Hall–Kier alpha value is -3.28. The molecule has 2 rings (SSSR count). The number of carbonyl (C=O) groups is 2. The van der Waals surface area contributed by atoms with Crippen molar-refractivity contribution < 1.29 is 23.8 Å². The molecule has 0 spiro atoms. The molecule has 0 aromatic heterocycles. The molecule has 6 nitrogen and oxygen atoms in total.